The van der Waals surface area contributed by atoms with E-state index in [4.69, 9.17) is 9.47 Å². The topological polar surface area (TPSA) is 52.6 Å². The third-order valence-corrected chi connectivity index (χ3v) is 2.82. The van der Waals surface area contributed by atoms with Crippen molar-refractivity contribution in [2.45, 2.75) is 58.7 Å². The lowest BCUT2D eigenvalue weighted by molar-refractivity contribution is -0.166. The van der Waals surface area contributed by atoms with Gasteiger partial charge < -0.3 is 9.47 Å². The van der Waals surface area contributed by atoms with Crippen LogP contribution in [0, 0.1) is 0 Å². The molecule has 0 heterocycles. The second-order valence-corrected chi connectivity index (χ2v) is 4.46. The molecule has 0 saturated carbocycles. The summed E-state index contributed by atoms with van der Waals surface area (Å²) in [5.74, 6) is -0.650. The van der Waals surface area contributed by atoms with Crippen molar-refractivity contribution in [3.63, 3.8) is 0 Å². The quantitative estimate of drug-likeness (QED) is 0.549. The summed E-state index contributed by atoms with van der Waals surface area (Å²) in [6.07, 6.45) is 4.65. The fraction of sp³-hybridized carbons (Fsp3) is 0.692. The average molecular weight is 240 g/mol. The molecule has 17 heavy (non-hydrogen) atoms. The van der Waals surface area contributed by atoms with E-state index in [-0.39, 0.29) is 24.1 Å². The summed E-state index contributed by atoms with van der Waals surface area (Å²) in [5, 5.41) is 0. The van der Waals surface area contributed by atoms with Gasteiger partial charge in [-0.2, -0.15) is 0 Å². The highest BCUT2D eigenvalue weighted by Crippen LogP contribution is 2.22. The second-order valence-electron chi connectivity index (χ2n) is 4.46. The molecule has 0 aliphatic heterocycles. The zero-order chi connectivity index (χ0) is 12.8. The first-order valence-electron chi connectivity index (χ1n) is 5.99. The molecule has 0 aromatic carbocycles. The van der Waals surface area contributed by atoms with Gasteiger partial charge in [0.2, 0.25) is 0 Å². The summed E-state index contributed by atoms with van der Waals surface area (Å²) in [7, 11) is 0. The zero-order valence-electron chi connectivity index (χ0n) is 10.7. The smallest absolute Gasteiger partial charge is 0.303 e. The van der Waals surface area contributed by atoms with Crippen molar-refractivity contribution in [2.75, 3.05) is 0 Å². The molecule has 0 bridgehead atoms. The van der Waals surface area contributed by atoms with Gasteiger partial charge in [-0.3, -0.25) is 9.59 Å². The predicted molar refractivity (Wildman–Crippen MR) is 63.3 cm³/mol. The molecule has 0 fully saturated rings. The van der Waals surface area contributed by atoms with Crippen LogP contribution in [0.5, 0.6) is 0 Å². The summed E-state index contributed by atoms with van der Waals surface area (Å²) in [5.41, 5.74) is 1.29. The minimum absolute atomic E-state index is 0.319. The standard InChI is InChI=1S/C13H20O4/c1-9-5-4-6-12(16-10(2)14)13(8-7-9)17-11(3)15/h5,12-13H,4,6-8H2,1-3H3. The number of carbonyl (C=O) groups is 2. The van der Waals surface area contributed by atoms with Crippen LogP contribution in [0.25, 0.3) is 0 Å². The lowest BCUT2D eigenvalue weighted by atomic mass is 9.96. The van der Waals surface area contributed by atoms with Crippen LogP contribution in [0.2, 0.25) is 0 Å². The number of esters is 2. The van der Waals surface area contributed by atoms with Crippen LogP contribution in [-0.2, 0) is 19.1 Å². The first kappa shape index (κ1) is 13.7. The summed E-state index contributed by atoms with van der Waals surface area (Å²) >= 11 is 0. The molecule has 0 aromatic heterocycles. The van der Waals surface area contributed by atoms with Gasteiger partial charge in [0.05, 0.1) is 0 Å². The summed E-state index contributed by atoms with van der Waals surface area (Å²) in [6, 6.07) is 0. The Bertz CT molecular complexity index is 319. The van der Waals surface area contributed by atoms with Crippen LogP contribution in [0.3, 0.4) is 0 Å². The molecule has 1 aliphatic rings. The molecule has 2 unspecified atom stereocenters. The van der Waals surface area contributed by atoms with Gasteiger partial charge in [0, 0.05) is 13.8 Å². The molecule has 1 aliphatic carbocycles. The first-order chi connectivity index (χ1) is 7.99. The van der Waals surface area contributed by atoms with Crippen molar-refractivity contribution < 1.29 is 19.1 Å². The minimum atomic E-state index is -0.326. The maximum absolute atomic E-state index is 11.0. The zero-order valence-corrected chi connectivity index (χ0v) is 10.7. The number of rotatable bonds is 2. The fourth-order valence-corrected chi connectivity index (χ4v) is 2.03. The van der Waals surface area contributed by atoms with Crippen molar-refractivity contribution in [3.8, 4) is 0 Å². The molecule has 0 radical (unpaired) electrons. The lowest BCUT2D eigenvalue weighted by Crippen LogP contribution is -2.35. The third kappa shape index (κ3) is 5.02. The van der Waals surface area contributed by atoms with Gasteiger partial charge in [-0.25, -0.2) is 0 Å². The molecule has 96 valence electrons. The Balaban J connectivity index is 2.72. The van der Waals surface area contributed by atoms with E-state index in [1.165, 1.54) is 19.4 Å². The summed E-state index contributed by atoms with van der Waals surface area (Å²) < 4.78 is 10.5. The number of carbonyl (C=O) groups excluding carboxylic acids is 2. The van der Waals surface area contributed by atoms with Gasteiger partial charge in [0.25, 0.3) is 0 Å². The normalized spacial score (nSPS) is 25.2. The Hall–Kier alpha value is -1.32. The Labute approximate surface area is 102 Å². The number of allylic oxidation sites excluding steroid dienone is 2. The monoisotopic (exact) mass is 240 g/mol. The van der Waals surface area contributed by atoms with Crippen LogP contribution < -0.4 is 0 Å². The van der Waals surface area contributed by atoms with E-state index < -0.39 is 0 Å². The van der Waals surface area contributed by atoms with Gasteiger partial charge in [0.15, 0.2) is 0 Å². The van der Waals surface area contributed by atoms with E-state index in [0.29, 0.717) is 12.8 Å². The molecular formula is C13H20O4. The molecule has 0 amide bonds. The van der Waals surface area contributed by atoms with Crippen LogP contribution in [-0.4, -0.2) is 24.1 Å². The van der Waals surface area contributed by atoms with Crippen LogP contribution in [0.1, 0.15) is 46.5 Å². The molecule has 0 aromatic rings. The summed E-state index contributed by atoms with van der Waals surface area (Å²) in [6.45, 7) is 4.83. The van der Waals surface area contributed by atoms with Gasteiger partial charge >= 0.3 is 11.9 Å². The number of ether oxygens (including phenoxy) is 2. The lowest BCUT2D eigenvalue weighted by Gasteiger charge is -2.27. The second kappa shape index (κ2) is 6.42. The van der Waals surface area contributed by atoms with Gasteiger partial charge in [-0.05, 0) is 32.6 Å². The van der Waals surface area contributed by atoms with E-state index in [1.807, 2.05) is 0 Å². The summed E-state index contributed by atoms with van der Waals surface area (Å²) in [4.78, 5) is 22.1. The van der Waals surface area contributed by atoms with Crippen molar-refractivity contribution >= 4 is 11.9 Å². The number of hydrogen-bond donors (Lipinski definition) is 0. The molecule has 0 N–H and O–H groups in total. The molecular weight excluding hydrogens is 220 g/mol. The van der Waals surface area contributed by atoms with Gasteiger partial charge in [0.1, 0.15) is 12.2 Å². The van der Waals surface area contributed by atoms with Crippen molar-refractivity contribution in [1.82, 2.24) is 0 Å². The van der Waals surface area contributed by atoms with E-state index in [0.717, 1.165) is 12.8 Å². The van der Waals surface area contributed by atoms with Crippen LogP contribution in [0.4, 0.5) is 0 Å². The van der Waals surface area contributed by atoms with E-state index >= 15 is 0 Å². The third-order valence-electron chi connectivity index (χ3n) is 2.82. The Kier molecular flexibility index (Phi) is 5.19. The molecule has 0 spiro atoms. The first-order valence-corrected chi connectivity index (χ1v) is 5.99. The highest BCUT2D eigenvalue weighted by molar-refractivity contribution is 5.67. The maximum Gasteiger partial charge on any atom is 0.303 e. The molecule has 1 rings (SSSR count). The van der Waals surface area contributed by atoms with Crippen LogP contribution >= 0.6 is 0 Å². The predicted octanol–water partition coefficient (Wildman–Crippen LogP) is 2.37. The Morgan fingerprint density at radius 2 is 1.65 bits per heavy atom. The van der Waals surface area contributed by atoms with Crippen molar-refractivity contribution in [1.29, 1.82) is 0 Å². The SMILES string of the molecule is CC(=O)OC1CCC=C(C)CCC1OC(C)=O. The molecule has 0 saturated heterocycles. The minimum Gasteiger partial charge on any atom is -0.459 e. The average Bonchev–Trinajstić information content (AvgIpc) is 2.20. The Morgan fingerprint density at radius 1 is 1.12 bits per heavy atom. The molecule has 4 heteroatoms. The van der Waals surface area contributed by atoms with Gasteiger partial charge in [-0.15, -0.1) is 0 Å². The highest BCUT2D eigenvalue weighted by Gasteiger charge is 2.27. The van der Waals surface area contributed by atoms with E-state index in [9.17, 15) is 9.59 Å². The number of hydrogen-bond acceptors (Lipinski definition) is 4. The molecule has 4 nitrogen and oxygen atoms in total. The largest absolute Gasteiger partial charge is 0.459 e. The van der Waals surface area contributed by atoms with Crippen molar-refractivity contribution in [2.24, 2.45) is 0 Å². The maximum atomic E-state index is 11.0. The van der Waals surface area contributed by atoms with E-state index in [2.05, 4.69) is 13.0 Å². The molecule has 2 atom stereocenters. The van der Waals surface area contributed by atoms with Crippen molar-refractivity contribution in [3.05, 3.63) is 11.6 Å². The fourth-order valence-electron chi connectivity index (χ4n) is 2.03. The van der Waals surface area contributed by atoms with Crippen LogP contribution in [0.15, 0.2) is 11.6 Å². The van der Waals surface area contributed by atoms with Gasteiger partial charge in [-0.1, -0.05) is 11.6 Å². The van der Waals surface area contributed by atoms with E-state index in [1.54, 1.807) is 0 Å². The Morgan fingerprint density at radius 3 is 2.18 bits per heavy atom. The highest BCUT2D eigenvalue weighted by atomic mass is 16.6.